The van der Waals surface area contributed by atoms with Gasteiger partial charge < -0.3 is 5.32 Å². The molecule has 0 atom stereocenters. The van der Waals surface area contributed by atoms with E-state index in [2.05, 4.69) is 24.9 Å². The summed E-state index contributed by atoms with van der Waals surface area (Å²) in [5, 5.41) is 14.2. The molecule has 4 nitrogen and oxygen atoms in total. The Balaban J connectivity index is 2.00. The van der Waals surface area contributed by atoms with Crippen LogP contribution in [0, 0.1) is 10.1 Å². The van der Waals surface area contributed by atoms with Crippen LogP contribution in [-0.2, 0) is 6.42 Å². The first-order valence-corrected chi connectivity index (χ1v) is 9.77. The van der Waals surface area contributed by atoms with Crippen LogP contribution in [-0.4, -0.2) is 18.0 Å². The number of hydrogen-bond donors (Lipinski definition) is 2. The van der Waals surface area contributed by atoms with Crippen LogP contribution in [0.2, 0.25) is 0 Å². The molecule has 0 fully saturated rings. The van der Waals surface area contributed by atoms with E-state index in [-0.39, 0.29) is 10.6 Å². The second kappa shape index (κ2) is 13.2. The van der Waals surface area contributed by atoms with Gasteiger partial charge in [-0.25, -0.2) is 0 Å². The average Bonchev–Trinajstić information content (AvgIpc) is 2.57. The highest BCUT2D eigenvalue weighted by molar-refractivity contribution is 7.80. The minimum absolute atomic E-state index is 0.108. The van der Waals surface area contributed by atoms with Crippen LogP contribution >= 0.6 is 12.6 Å². The first-order valence-electron chi connectivity index (χ1n) is 9.32. The molecule has 0 amide bonds. The van der Waals surface area contributed by atoms with Crippen LogP contribution in [0.15, 0.2) is 23.1 Å². The smallest absolute Gasteiger partial charge is 0.270 e. The molecule has 1 N–H and O–H groups in total. The molecule has 1 aromatic carbocycles. The van der Waals surface area contributed by atoms with Crippen molar-refractivity contribution in [2.45, 2.75) is 76.0 Å². The fourth-order valence-corrected chi connectivity index (χ4v) is 3.11. The molecule has 0 aliphatic carbocycles. The number of nitro benzene ring substituents is 1. The summed E-state index contributed by atoms with van der Waals surface area (Å²) >= 11 is 4.35. The lowest BCUT2D eigenvalue weighted by Crippen LogP contribution is -2.17. The number of thiol groups is 1. The number of nitrogens with one attached hydrogen (secondary N) is 1. The molecule has 0 unspecified atom stereocenters. The summed E-state index contributed by atoms with van der Waals surface area (Å²) in [6.45, 7) is 4.33. The zero-order valence-corrected chi connectivity index (χ0v) is 15.8. The normalized spacial score (nSPS) is 10.9. The zero-order valence-electron chi connectivity index (χ0n) is 14.9. The number of benzene rings is 1. The first kappa shape index (κ1) is 21.0. The molecule has 0 saturated carbocycles. The molecule has 24 heavy (non-hydrogen) atoms. The van der Waals surface area contributed by atoms with Gasteiger partial charge in [-0.2, -0.15) is 0 Å². The third kappa shape index (κ3) is 9.28. The molecular weight excluding hydrogens is 320 g/mol. The van der Waals surface area contributed by atoms with E-state index >= 15 is 0 Å². The van der Waals surface area contributed by atoms with Gasteiger partial charge in [-0.3, -0.25) is 10.1 Å². The molecule has 0 radical (unpaired) electrons. The Bertz CT molecular complexity index is 480. The Hall–Kier alpha value is -1.07. The fourth-order valence-electron chi connectivity index (χ4n) is 2.79. The number of aryl methyl sites for hydroxylation is 1. The van der Waals surface area contributed by atoms with Crippen LogP contribution in [0.3, 0.4) is 0 Å². The van der Waals surface area contributed by atoms with Crippen molar-refractivity contribution in [3.05, 3.63) is 33.9 Å². The Morgan fingerprint density at radius 3 is 2.25 bits per heavy atom. The predicted octanol–water partition coefficient (Wildman–Crippen LogP) is 5.55. The van der Waals surface area contributed by atoms with E-state index in [1.807, 2.05) is 6.07 Å². The Kier molecular flexibility index (Phi) is 11.6. The summed E-state index contributed by atoms with van der Waals surface area (Å²) in [6.07, 6.45) is 12.7. The van der Waals surface area contributed by atoms with Gasteiger partial charge in [0.05, 0.1) is 4.92 Å². The predicted molar refractivity (Wildman–Crippen MR) is 104 cm³/mol. The van der Waals surface area contributed by atoms with Gasteiger partial charge in [-0.15, -0.1) is 12.6 Å². The van der Waals surface area contributed by atoms with Crippen molar-refractivity contribution in [2.75, 3.05) is 13.1 Å². The largest absolute Gasteiger partial charge is 0.317 e. The van der Waals surface area contributed by atoms with Gasteiger partial charge in [-0.1, -0.05) is 57.9 Å². The van der Waals surface area contributed by atoms with Gasteiger partial charge in [0.1, 0.15) is 0 Å². The first-order chi connectivity index (χ1) is 11.6. The lowest BCUT2D eigenvalue weighted by atomic mass is 10.1. The fraction of sp³-hybridized carbons (Fsp3) is 0.684. The summed E-state index contributed by atoms with van der Waals surface area (Å²) < 4.78 is 0. The molecule has 0 bridgehead atoms. The highest BCUT2D eigenvalue weighted by Crippen LogP contribution is 2.21. The minimum Gasteiger partial charge on any atom is -0.317 e. The van der Waals surface area contributed by atoms with Crippen molar-refractivity contribution in [3.8, 4) is 0 Å². The summed E-state index contributed by atoms with van der Waals surface area (Å²) in [4.78, 5) is 11.0. The maximum Gasteiger partial charge on any atom is 0.270 e. The van der Waals surface area contributed by atoms with Crippen LogP contribution in [0.4, 0.5) is 5.69 Å². The number of nitrogens with zero attached hydrogens (tertiary/aromatic N) is 1. The summed E-state index contributed by atoms with van der Waals surface area (Å²) in [6, 6.07) is 4.91. The topological polar surface area (TPSA) is 55.2 Å². The van der Waals surface area contributed by atoms with Crippen molar-refractivity contribution >= 4 is 18.3 Å². The van der Waals surface area contributed by atoms with Gasteiger partial charge in [0, 0.05) is 17.0 Å². The summed E-state index contributed by atoms with van der Waals surface area (Å²) in [5.41, 5.74) is 1.19. The van der Waals surface area contributed by atoms with E-state index in [1.54, 1.807) is 6.07 Å². The lowest BCUT2D eigenvalue weighted by Gasteiger charge is -2.07. The number of rotatable bonds is 14. The molecule has 1 rings (SSSR count). The van der Waals surface area contributed by atoms with Gasteiger partial charge in [0.15, 0.2) is 0 Å². The second-order valence-electron chi connectivity index (χ2n) is 6.40. The van der Waals surface area contributed by atoms with E-state index in [9.17, 15) is 10.1 Å². The van der Waals surface area contributed by atoms with E-state index in [1.165, 1.54) is 57.4 Å². The molecule has 0 saturated heterocycles. The molecule has 0 aromatic heterocycles. The lowest BCUT2D eigenvalue weighted by molar-refractivity contribution is -0.385. The van der Waals surface area contributed by atoms with Gasteiger partial charge in [-0.05, 0) is 37.9 Å². The molecule has 0 aliphatic heterocycles. The third-order valence-corrected chi connectivity index (χ3v) is 4.70. The highest BCUT2D eigenvalue weighted by Gasteiger charge is 2.08. The Labute approximate surface area is 152 Å². The van der Waals surface area contributed by atoms with Crippen molar-refractivity contribution in [2.24, 2.45) is 0 Å². The van der Waals surface area contributed by atoms with Crippen LogP contribution < -0.4 is 5.32 Å². The van der Waals surface area contributed by atoms with Crippen molar-refractivity contribution in [1.29, 1.82) is 0 Å². The molecule has 0 aliphatic rings. The Morgan fingerprint density at radius 1 is 1.00 bits per heavy atom. The molecule has 1 aromatic rings. The number of hydrogen-bond acceptors (Lipinski definition) is 4. The van der Waals surface area contributed by atoms with Crippen molar-refractivity contribution < 1.29 is 4.92 Å². The summed E-state index contributed by atoms with van der Waals surface area (Å²) in [5.74, 6) is 0. The second-order valence-corrected chi connectivity index (χ2v) is 6.88. The number of non-ortho nitro benzene ring substituents is 1. The average molecular weight is 353 g/mol. The number of nitro groups is 1. The maximum atomic E-state index is 10.7. The SMILES string of the molecule is CCCCCCCCCCNCCCc1ccc([N+](=O)[O-])cc1S. The van der Waals surface area contributed by atoms with E-state index < -0.39 is 0 Å². The quantitative estimate of drug-likeness (QED) is 0.200. The van der Waals surface area contributed by atoms with E-state index in [0.717, 1.165) is 31.5 Å². The zero-order chi connectivity index (χ0) is 17.6. The van der Waals surface area contributed by atoms with Crippen molar-refractivity contribution in [1.82, 2.24) is 5.32 Å². The van der Waals surface area contributed by atoms with E-state index in [4.69, 9.17) is 0 Å². The molecule has 0 spiro atoms. The Morgan fingerprint density at radius 2 is 1.62 bits per heavy atom. The molecule has 0 heterocycles. The third-order valence-electron chi connectivity index (χ3n) is 4.29. The van der Waals surface area contributed by atoms with Crippen LogP contribution in [0.25, 0.3) is 0 Å². The maximum absolute atomic E-state index is 10.7. The minimum atomic E-state index is -0.380. The molecular formula is C19H32N2O2S. The highest BCUT2D eigenvalue weighted by atomic mass is 32.1. The van der Waals surface area contributed by atoms with Gasteiger partial charge in [0.25, 0.3) is 5.69 Å². The standard InChI is InChI=1S/C19H32N2O2S/c1-2-3-4-5-6-7-8-9-14-20-15-10-11-17-12-13-18(21(22)23)16-19(17)24/h12-13,16,20,24H,2-11,14-15H2,1H3. The van der Waals surface area contributed by atoms with E-state index in [0.29, 0.717) is 4.90 Å². The van der Waals surface area contributed by atoms with Crippen LogP contribution in [0.1, 0.15) is 70.3 Å². The number of unbranched alkanes of at least 4 members (excludes halogenated alkanes) is 7. The monoisotopic (exact) mass is 352 g/mol. The van der Waals surface area contributed by atoms with Crippen molar-refractivity contribution in [3.63, 3.8) is 0 Å². The molecule has 5 heteroatoms. The van der Waals surface area contributed by atoms with Crippen LogP contribution in [0.5, 0.6) is 0 Å². The van der Waals surface area contributed by atoms with Gasteiger partial charge >= 0.3 is 0 Å². The van der Waals surface area contributed by atoms with Gasteiger partial charge in [0.2, 0.25) is 0 Å². The molecule has 136 valence electrons. The summed E-state index contributed by atoms with van der Waals surface area (Å²) in [7, 11) is 0.